The number of hydrogen-bond donors (Lipinski definition) is 0. The highest BCUT2D eigenvalue weighted by atomic mass is 16.3. The van der Waals surface area contributed by atoms with Crippen LogP contribution in [0.3, 0.4) is 0 Å². The Morgan fingerprint density at radius 3 is 1.12 bits per heavy atom. The second-order valence-corrected chi connectivity index (χ2v) is 11.3. The normalized spacial score (nSPS) is 11.3. The third-order valence-electron chi connectivity index (χ3n) is 8.11. The minimum atomic E-state index is 0.497. The molecule has 49 heavy (non-hydrogen) atoms. The average molecular weight is 633 g/mol. The van der Waals surface area contributed by atoms with Crippen molar-refractivity contribution in [1.29, 1.82) is 0 Å². The van der Waals surface area contributed by atoms with Gasteiger partial charge in [0.2, 0.25) is 0 Å². The number of rotatable bonds is 6. The Morgan fingerprint density at radius 2 is 0.714 bits per heavy atom. The third kappa shape index (κ3) is 5.45. The van der Waals surface area contributed by atoms with Crippen molar-refractivity contribution in [2.45, 2.75) is 0 Å². The molecule has 9 aromatic rings. The molecule has 0 aliphatic rings. The SMILES string of the molecule is c1ccc(-c2nc(-c3ccc4oc5ccc(-c6nc(-c7ccccc7)nc(-c7ccccn7)n6)cc5c4c3)nc(-c3ccccn3)n2)cc1. The van der Waals surface area contributed by atoms with Crippen molar-refractivity contribution in [2.24, 2.45) is 0 Å². The van der Waals surface area contributed by atoms with Crippen molar-refractivity contribution < 1.29 is 4.42 Å². The van der Waals surface area contributed by atoms with Crippen LogP contribution < -0.4 is 0 Å². The van der Waals surface area contributed by atoms with Crippen LogP contribution in [0.1, 0.15) is 0 Å². The van der Waals surface area contributed by atoms with Crippen LogP contribution in [0.2, 0.25) is 0 Å². The lowest BCUT2D eigenvalue weighted by Gasteiger charge is -2.08. The first-order valence-corrected chi connectivity index (χ1v) is 15.7. The van der Waals surface area contributed by atoms with E-state index in [2.05, 4.69) is 22.1 Å². The van der Waals surface area contributed by atoms with Crippen LogP contribution in [0, 0.1) is 0 Å². The summed E-state index contributed by atoms with van der Waals surface area (Å²) in [5.41, 5.74) is 6.24. The molecule has 9 nitrogen and oxygen atoms in total. The summed E-state index contributed by atoms with van der Waals surface area (Å²) in [6.45, 7) is 0. The summed E-state index contributed by atoms with van der Waals surface area (Å²) < 4.78 is 6.28. The fourth-order valence-corrected chi connectivity index (χ4v) is 5.72. The first-order valence-electron chi connectivity index (χ1n) is 15.7. The Kier molecular flexibility index (Phi) is 6.90. The van der Waals surface area contributed by atoms with Crippen molar-refractivity contribution in [1.82, 2.24) is 39.9 Å². The largest absolute Gasteiger partial charge is 0.456 e. The van der Waals surface area contributed by atoms with Gasteiger partial charge in [-0.1, -0.05) is 72.8 Å². The Labute approximate surface area is 280 Å². The molecule has 0 amide bonds. The van der Waals surface area contributed by atoms with Gasteiger partial charge in [0.15, 0.2) is 34.9 Å². The highest BCUT2D eigenvalue weighted by Crippen LogP contribution is 2.35. The molecule has 0 spiro atoms. The molecule has 0 saturated carbocycles. The lowest BCUT2D eigenvalue weighted by Crippen LogP contribution is -2.01. The molecular weight excluding hydrogens is 608 g/mol. The zero-order chi connectivity index (χ0) is 32.6. The Hall–Kier alpha value is -7.00. The summed E-state index contributed by atoms with van der Waals surface area (Å²) in [5, 5.41) is 1.83. The quantitative estimate of drug-likeness (QED) is 0.177. The molecule has 0 N–H and O–H groups in total. The Bertz CT molecular complexity index is 2300. The average Bonchev–Trinajstić information content (AvgIpc) is 3.56. The summed E-state index contributed by atoms with van der Waals surface area (Å²) in [7, 11) is 0. The van der Waals surface area contributed by atoms with Crippen LogP contribution in [-0.2, 0) is 0 Å². The van der Waals surface area contributed by atoms with E-state index >= 15 is 0 Å². The van der Waals surface area contributed by atoms with Gasteiger partial charge in [0.1, 0.15) is 22.6 Å². The second kappa shape index (κ2) is 12.0. The molecule has 0 unspecified atom stereocenters. The van der Waals surface area contributed by atoms with E-state index in [4.69, 9.17) is 34.3 Å². The molecule has 5 aromatic heterocycles. The lowest BCUT2D eigenvalue weighted by atomic mass is 10.1. The van der Waals surface area contributed by atoms with Gasteiger partial charge < -0.3 is 4.42 Å². The first kappa shape index (κ1) is 28.2. The highest BCUT2D eigenvalue weighted by molar-refractivity contribution is 6.07. The smallest absolute Gasteiger partial charge is 0.182 e. The lowest BCUT2D eigenvalue weighted by molar-refractivity contribution is 0.669. The highest BCUT2D eigenvalue weighted by Gasteiger charge is 2.17. The summed E-state index contributed by atoms with van der Waals surface area (Å²) in [4.78, 5) is 38.1. The van der Waals surface area contributed by atoms with Gasteiger partial charge in [-0.2, -0.15) is 0 Å². The van der Waals surface area contributed by atoms with E-state index in [-0.39, 0.29) is 0 Å². The third-order valence-corrected chi connectivity index (χ3v) is 8.11. The summed E-state index contributed by atoms with van der Waals surface area (Å²) in [6, 6.07) is 43.1. The molecule has 0 aliphatic carbocycles. The molecule has 5 heterocycles. The van der Waals surface area contributed by atoms with Crippen LogP contribution in [-0.4, -0.2) is 39.9 Å². The van der Waals surface area contributed by atoms with Crippen molar-refractivity contribution in [3.8, 4) is 68.6 Å². The Balaban J connectivity index is 1.19. The maximum atomic E-state index is 6.28. The molecule has 0 bridgehead atoms. The van der Waals surface area contributed by atoms with E-state index < -0.39 is 0 Å². The number of nitrogens with zero attached hydrogens (tertiary/aromatic N) is 8. The summed E-state index contributed by atoms with van der Waals surface area (Å²) >= 11 is 0. The van der Waals surface area contributed by atoms with E-state index in [1.165, 1.54) is 0 Å². The molecule has 230 valence electrons. The van der Waals surface area contributed by atoms with Gasteiger partial charge >= 0.3 is 0 Å². The number of furan rings is 1. The Morgan fingerprint density at radius 1 is 0.327 bits per heavy atom. The number of pyridine rings is 2. The zero-order valence-corrected chi connectivity index (χ0v) is 25.8. The summed E-state index contributed by atoms with van der Waals surface area (Å²) in [6.07, 6.45) is 3.47. The van der Waals surface area contributed by atoms with Crippen LogP contribution in [0.15, 0.2) is 150 Å². The van der Waals surface area contributed by atoms with Crippen molar-refractivity contribution in [3.05, 3.63) is 146 Å². The molecule has 0 fully saturated rings. The van der Waals surface area contributed by atoms with E-state index in [9.17, 15) is 0 Å². The molecule has 9 heteroatoms. The van der Waals surface area contributed by atoms with Crippen molar-refractivity contribution >= 4 is 21.9 Å². The molecule has 0 radical (unpaired) electrons. The van der Waals surface area contributed by atoms with E-state index in [0.29, 0.717) is 46.3 Å². The predicted molar refractivity (Wildman–Crippen MR) is 189 cm³/mol. The molecule has 0 saturated heterocycles. The fourth-order valence-electron chi connectivity index (χ4n) is 5.72. The van der Waals surface area contributed by atoms with Gasteiger partial charge in [0, 0.05) is 45.4 Å². The maximum Gasteiger partial charge on any atom is 0.182 e. The minimum Gasteiger partial charge on any atom is -0.456 e. The van der Waals surface area contributed by atoms with Gasteiger partial charge in [0.25, 0.3) is 0 Å². The number of fused-ring (bicyclic) bond motifs is 3. The second-order valence-electron chi connectivity index (χ2n) is 11.3. The van der Waals surface area contributed by atoms with E-state index in [1.807, 2.05) is 121 Å². The molecule has 4 aromatic carbocycles. The standard InChI is InChI=1S/C40H24N8O/c1-3-11-25(12-4-1)35-43-37(47-39(45-35)31-15-7-9-21-41-31)27-17-19-33-29(23-27)30-24-28(18-20-34(30)49-33)38-44-36(26-13-5-2-6-14-26)46-40(48-38)32-16-8-10-22-42-32/h1-24H. The van der Waals surface area contributed by atoms with Gasteiger partial charge in [-0.15, -0.1) is 0 Å². The molecular formula is C40H24N8O. The number of aromatic nitrogens is 8. The van der Waals surface area contributed by atoms with Gasteiger partial charge in [-0.3, -0.25) is 9.97 Å². The monoisotopic (exact) mass is 632 g/mol. The van der Waals surface area contributed by atoms with Crippen molar-refractivity contribution in [2.75, 3.05) is 0 Å². The van der Waals surface area contributed by atoms with Gasteiger partial charge in [-0.05, 0) is 60.7 Å². The molecule has 9 rings (SSSR count). The molecule has 0 aliphatic heterocycles. The summed E-state index contributed by atoms with van der Waals surface area (Å²) in [5.74, 6) is 3.20. The topological polar surface area (TPSA) is 116 Å². The van der Waals surface area contributed by atoms with Gasteiger partial charge in [0.05, 0.1) is 0 Å². The van der Waals surface area contributed by atoms with Crippen LogP contribution in [0.4, 0.5) is 0 Å². The maximum absolute atomic E-state index is 6.28. The molecule has 0 atom stereocenters. The number of hydrogen-bond acceptors (Lipinski definition) is 9. The van der Waals surface area contributed by atoms with E-state index in [0.717, 1.165) is 44.2 Å². The number of benzene rings is 4. The van der Waals surface area contributed by atoms with Crippen LogP contribution in [0.25, 0.3) is 90.5 Å². The fraction of sp³-hybridized carbons (Fsp3) is 0. The van der Waals surface area contributed by atoms with Crippen LogP contribution >= 0.6 is 0 Å². The van der Waals surface area contributed by atoms with E-state index in [1.54, 1.807) is 12.4 Å². The minimum absolute atomic E-state index is 0.497. The predicted octanol–water partition coefficient (Wildman–Crippen LogP) is 8.75. The van der Waals surface area contributed by atoms with Gasteiger partial charge in [-0.25, -0.2) is 29.9 Å². The van der Waals surface area contributed by atoms with Crippen LogP contribution in [0.5, 0.6) is 0 Å². The zero-order valence-electron chi connectivity index (χ0n) is 25.8. The first-order chi connectivity index (χ1) is 24.2. The van der Waals surface area contributed by atoms with Crippen molar-refractivity contribution in [3.63, 3.8) is 0 Å².